The molecule has 0 amide bonds. The molecule has 2 heteroatoms. The van der Waals surface area contributed by atoms with Crippen molar-refractivity contribution in [1.82, 2.24) is 0 Å². The lowest BCUT2D eigenvalue weighted by molar-refractivity contribution is 0.166. The first-order valence-electron chi connectivity index (χ1n) is 6.87. The summed E-state index contributed by atoms with van der Waals surface area (Å²) in [7, 11) is 0. The van der Waals surface area contributed by atoms with E-state index in [4.69, 9.17) is 4.74 Å². The van der Waals surface area contributed by atoms with Gasteiger partial charge in [0.1, 0.15) is 11.5 Å². The van der Waals surface area contributed by atoms with Crippen LogP contribution in [0.1, 0.15) is 36.5 Å². The van der Waals surface area contributed by atoms with Gasteiger partial charge in [0.2, 0.25) is 0 Å². The summed E-state index contributed by atoms with van der Waals surface area (Å²) in [6.07, 6.45) is 3.80. The maximum absolute atomic E-state index is 10.2. The first-order valence-corrected chi connectivity index (χ1v) is 6.87. The van der Waals surface area contributed by atoms with Crippen molar-refractivity contribution in [1.29, 1.82) is 0 Å². The van der Waals surface area contributed by atoms with Crippen LogP contribution in [0.3, 0.4) is 0 Å². The van der Waals surface area contributed by atoms with Crippen molar-refractivity contribution in [3.05, 3.63) is 59.7 Å². The summed E-state index contributed by atoms with van der Waals surface area (Å²) in [6, 6.07) is 15.8. The van der Waals surface area contributed by atoms with Crippen LogP contribution >= 0.6 is 0 Å². The Balaban J connectivity index is 1.88. The van der Waals surface area contributed by atoms with Gasteiger partial charge < -0.3 is 9.84 Å². The molecular weight excluding hydrogens is 236 g/mol. The molecule has 19 heavy (non-hydrogen) atoms. The fourth-order valence-corrected chi connectivity index (χ4v) is 2.61. The van der Waals surface area contributed by atoms with Gasteiger partial charge in [-0.05, 0) is 54.7 Å². The van der Waals surface area contributed by atoms with Crippen molar-refractivity contribution in [2.75, 3.05) is 0 Å². The Morgan fingerprint density at radius 3 is 2.63 bits per heavy atom. The second-order valence-corrected chi connectivity index (χ2v) is 5.04. The largest absolute Gasteiger partial charge is 0.457 e. The first kappa shape index (κ1) is 12.2. The normalized spacial score (nSPS) is 18.5. The number of benzene rings is 2. The predicted octanol–water partition coefficient (Wildman–Crippen LogP) is 4.24. The molecule has 2 aromatic rings. The average molecular weight is 254 g/mol. The standard InChI is InChI=1S/C17H18O2/c18-17-9-5-4-6-13-10-11-15(12-16(13)17)19-14-7-2-1-3-8-14/h1-3,7-8,10-12,17-18H,4-6,9H2. The van der Waals surface area contributed by atoms with E-state index >= 15 is 0 Å². The van der Waals surface area contributed by atoms with E-state index in [0.717, 1.165) is 42.7 Å². The van der Waals surface area contributed by atoms with Crippen molar-refractivity contribution in [2.45, 2.75) is 31.8 Å². The molecular formula is C17H18O2. The van der Waals surface area contributed by atoms with E-state index in [1.165, 1.54) is 5.56 Å². The Morgan fingerprint density at radius 1 is 0.947 bits per heavy atom. The molecule has 0 saturated carbocycles. The number of hydrogen-bond acceptors (Lipinski definition) is 2. The number of hydrogen-bond donors (Lipinski definition) is 1. The molecule has 0 aromatic heterocycles. The molecule has 1 aliphatic carbocycles. The van der Waals surface area contributed by atoms with E-state index in [1.54, 1.807) is 0 Å². The Morgan fingerprint density at radius 2 is 1.79 bits per heavy atom. The van der Waals surface area contributed by atoms with Crippen LogP contribution in [-0.4, -0.2) is 5.11 Å². The molecule has 2 aromatic carbocycles. The highest BCUT2D eigenvalue weighted by molar-refractivity contribution is 5.40. The van der Waals surface area contributed by atoms with E-state index in [2.05, 4.69) is 6.07 Å². The molecule has 0 saturated heterocycles. The van der Waals surface area contributed by atoms with Gasteiger partial charge in [0.15, 0.2) is 0 Å². The first-order chi connectivity index (χ1) is 9.33. The average Bonchev–Trinajstić information content (AvgIpc) is 2.62. The smallest absolute Gasteiger partial charge is 0.127 e. The Bertz CT molecular complexity index is 548. The maximum atomic E-state index is 10.2. The van der Waals surface area contributed by atoms with Gasteiger partial charge in [-0.1, -0.05) is 30.7 Å². The van der Waals surface area contributed by atoms with E-state index in [9.17, 15) is 5.11 Å². The number of aliphatic hydroxyl groups is 1. The monoisotopic (exact) mass is 254 g/mol. The number of rotatable bonds is 2. The molecule has 3 rings (SSSR count). The van der Waals surface area contributed by atoms with Crippen LogP contribution in [-0.2, 0) is 6.42 Å². The van der Waals surface area contributed by atoms with Crippen LogP contribution in [0.15, 0.2) is 48.5 Å². The van der Waals surface area contributed by atoms with Gasteiger partial charge in [-0.2, -0.15) is 0 Å². The van der Waals surface area contributed by atoms with Crippen LogP contribution < -0.4 is 4.74 Å². The van der Waals surface area contributed by atoms with Gasteiger partial charge in [-0.3, -0.25) is 0 Å². The molecule has 1 N–H and O–H groups in total. The van der Waals surface area contributed by atoms with Crippen molar-refractivity contribution >= 4 is 0 Å². The lowest BCUT2D eigenvalue weighted by Gasteiger charge is -2.14. The minimum absolute atomic E-state index is 0.350. The fraction of sp³-hybridized carbons (Fsp3) is 0.294. The van der Waals surface area contributed by atoms with Crippen molar-refractivity contribution < 1.29 is 9.84 Å². The third kappa shape index (κ3) is 2.79. The van der Waals surface area contributed by atoms with Gasteiger partial charge in [0, 0.05) is 0 Å². The van der Waals surface area contributed by atoms with Crippen molar-refractivity contribution in [3.63, 3.8) is 0 Å². The van der Waals surface area contributed by atoms with Crippen LogP contribution in [0.4, 0.5) is 0 Å². The fourth-order valence-electron chi connectivity index (χ4n) is 2.61. The summed E-state index contributed by atoms with van der Waals surface area (Å²) >= 11 is 0. The van der Waals surface area contributed by atoms with Crippen molar-refractivity contribution in [3.8, 4) is 11.5 Å². The molecule has 0 radical (unpaired) electrons. The summed E-state index contributed by atoms with van der Waals surface area (Å²) in [4.78, 5) is 0. The number of aryl methyl sites for hydroxylation is 1. The highest BCUT2D eigenvalue weighted by atomic mass is 16.5. The summed E-state index contributed by atoms with van der Waals surface area (Å²) < 4.78 is 5.82. The molecule has 0 bridgehead atoms. The van der Waals surface area contributed by atoms with Gasteiger partial charge in [0.05, 0.1) is 6.10 Å². The summed E-state index contributed by atoms with van der Waals surface area (Å²) in [5, 5.41) is 10.2. The predicted molar refractivity (Wildman–Crippen MR) is 75.5 cm³/mol. The summed E-state index contributed by atoms with van der Waals surface area (Å²) in [5.74, 6) is 1.62. The van der Waals surface area contributed by atoms with Crippen LogP contribution in [0.2, 0.25) is 0 Å². The Labute approximate surface area is 113 Å². The minimum Gasteiger partial charge on any atom is -0.457 e. The van der Waals surface area contributed by atoms with Crippen LogP contribution in [0, 0.1) is 0 Å². The summed E-state index contributed by atoms with van der Waals surface area (Å²) in [6.45, 7) is 0. The zero-order valence-corrected chi connectivity index (χ0v) is 10.9. The van der Waals surface area contributed by atoms with E-state index in [1.807, 2.05) is 42.5 Å². The quantitative estimate of drug-likeness (QED) is 0.812. The molecule has 0 aliphatic heterocycles. The summed E-state index contributed by atoms with van der Waals surface area (Å²) in [5.41, 5.74) is 2.29. The van der Waals surface area contributed by atoms with Crippen LogP contribution in [0.5, 0.6) is 11.5 Å². The lowest BCUT2D eigenvalue weighted by atomic mass is 10.0. The molecule has 2 nitrogen and oxygen atoms in total. The third-order valence-electron chi connectivity index (χ3n) is 3.63. The van der Waals surface area contributed by atoms with E-state index < -0.39 is 0 Å². The molecule has 1 atom stereocenters. The Kier molecular flexibility index (Phi) is 3.51. The third-order valence-corrected chi connectivity index (χ3v) is 3.63. The number of aliphatic hydroxyl groups excluding tert-OH is 1. The van der Waals surface area contributed by atoms with Gasteiger partial charge >= 0.3 is 0 Å². The Hall–Kier alpha value is -1.80. The lowest BCUT2D eigenvalue weighted by Crippen LogP contribution is -1.99. The second kappa shape index (κ2) is 5.45. The zero-order valence-electron chi connectivity index (χ0n) is 10.9. The maximum Gasteiger partial charge on any atom is 0.127 e. The van der Waals surface area contributed by atoms with E-state index in [-0.39, 0.29) is 6.10 Å². The van der Waals surface area contributed by atoms with Gasteiger partial charge in [-0.15, -0.1) is 0 Å². The molecule has 0 fully saturated rings. The molecule has 1 unspecified atom stereocenters. The SMILES string of the molecule is OC1CCCCc2ccc(Oc3ccccc3)cc21. The molecule has 1 aliphatic rings. The highest BCUT2D eigenvalue weighted by Crippen LogP contribution is 2.32. The van der Waals surface area contributed by atoms with Gasteiger partial charge in [0.25, 0.3) is 0 Å². The number of fused-ring (bicyclic) bond motifs is 1. The molecule has 0 heterocycles. The molecule has 98 valence electrons. The van der Waals surface area contributed by atoms with Gasteiger partial charge in [-0.25, -0.2) is 0 Å². The topological polar surface area (TPSA) is 29.5 Å². The highest BCUT2D eigenvalue weighted by Gasteiger charge is 2.17. The number of ether oxygens (including phenoxy) is 1. The number of para-hydroxylation sites is 1. The van der Waals surface area contributed by atoms with Crippen LogP contribution in [0.25, 0.3) is 0 Å². The van der Waals surface area contributed by atoms with Crippen molar-refractivity contribution in [2.24, 2.45) is 0 Å². The zero-order chi connectivity index (χ0) is 13.1. The molecule has 0 spiro atoms. The minimum atomic E-state index is -0.350. The second-order valence-electron chi connectivity index (χ2n) is 5.04. The van der Waals surface area contributed by atoms with E-state index in [0.29, 0.717) is 0 Å².